The standard InChI is InChI=1S/C11H21NO/c1-4-5-10-6-7-11(13)12(10)8-9(2)3/h9-10H,4-8H2,1-3H3. The number of carbonyl (C=O) groups excluding carboxylic acids is 1. The van der Waals surface area contributed by atoms with Crippen LogP contribution in [0.15, 0.2) is 0 Å². The molecule has 1 atom stereocenters. The number of amides is 1. The van der Waals surface area contributed by atoms with Crippen molar-refractivity contribution in [3.63, 3.8) is 0 Å². The molecule has 1 saturated heterocycles. The minimum absolute atomic E-state index is 0.368. The molecule has 1 amide bonds. The van der Waals surface area contributed by atoms with Gasteiger partial charge in [0.15, 0.2) is 0 Å². The van der Waals surface area contributed by atoms with Crippen LogP contribution in [0.25, 0.3) is 0 Å². The van der Waals surface area contributed by atoms with E-state index in [9.17, 15) is 4.79 Å². The molecule has 0 aliphatic carbocycles. The molecule has 0 spiro atoms. The molecule has 1 unspecified atom stereocenters. The third-order valence-corrected chi connectivity index (χ3v) is 2.64. The van der Waals surface area contributed by atoms with Gasteiger partial charge in [0.25, 0.3) is 0 Å². The molecule has 13 heavy (non-hydrogen) atoms. The molecule has 1 rings (SSSR count). The molecular weight excluding hydrogens is 162 g/mol. The maximum Gasteiger partial charge on any atom is 0.222 e. The third kappa shape index (κ3) is 2.71. The van der Waals surface area contributed by atoms with E-state index >= 15 is 0 Å². The number of hydrogen-bond acceptors (Lipinski definition) is 1. The molecule has 2 heteroatoms. The zero-order chi connectivity index (χ0) is 9.84. The van der Waals surface area contributed by atoms with Crippen molar-refractivity contribution in [2.45, 2.75) is 52.5 Å². The predicted octanol–water partition coefficient (Wildman–Crippen LogP) is 2.43. The van der Waals surface area contributed by atoms with Crippen LogP contribution in [-0.2, 0) is 4.79 Å². The van der Waals surface area contributed by atoms with Crippen LogP contribution < -0.4 is 0 Å². The van der Waals surface area contributed by atoms with E-state index in [0.717, 1.165) is 19.4 Å². The molecule has 0 N–H and O–H groups in total. The largest absolute Gasteiger partial charge is 0.339 e. The average molecular weight is 183 g/mol. The summed E-state index contributed by atoms with van der Waals surface area (Å²) in [6.07, 6.45) is 4.22. The summed E-state index contributed by atoms with van der Waals surface area (Å²) in [4.78, 5) is 13.6. The van der Waals surface area contributed by atoms with Crippen LogP contribution in [0.3, 0.4) is 0 Å². The van der Waals surface area contributed by atoms with Gasteiger partial charge in [-0.05, 0) is 18.8 Å². The Bertz CT molecular complexity index is 177. The summed E-state index contributed by atoms with van der Waals surface area (Å²) in [5.74, 6) is 0.966. The topological polar surface area (TPSA) is 20.3 Å². The lowest BCUT2D eigenvalue weighted by atomic mass is 10.1. The highest BCUT2D eigenvalue weighted by atomic mass is 16.2. The van der Waals surface area contributed by atoms with Gasteiger partial charge in [-0.1, -0.05) is 27.2 Å². The first-order valence-electron chi connectivity index (χ1n) is 5.44. The second-order valence-corrected chi connectivity index (χ2v) is 4.42. The van der Waals surface area contributed by atoms with Crippen LogP contribution in [0, 0.1) is 5.92 Å². The summed E-state index contributed by atoms with van der Waals surface area (Å²) in [6, 6.07) is 0.542. The lowest BCUT2D eigenvalue weighted by Crippen LogP contribution is -2.35. The lowest BCUT2D eigenvalue weighted by Gasteiger charge is -2.26. The van der Waals surface area contributed by atoms with Gasteiger partial charge >= 0.3 is 0 Å². The molecular formula is C11H21NO. The first kappa shape index (κ1) is 10.6. The lowest BCUT2D eigenvalue weighted by molar-refractivity contribution is -0.129. The van der Waals surface area contributed by atoms with Gasteiger partial charge in [-0.15, -0.1) is 0 Å². The molecule has 0 saturated carbocycles. The number of likely N-dealkylation sites (tertiary alicyclic amines) is 1. The summed E-state index contributed by atoms with van der Waals surface area (Å²) in [6.45, 7) is 7.49. The Morgan fingerprint density at radius 1 is 1.54 bits per heavy atom. The highest BCUT2D eigenvalue weighted by molar-refractivity contribution is 5.78. The fourth-order valence-electron chi connectivity index (χ4n) is 2.07. The molecule has 1 aliphatic rings. The maximum absolute atomic E-state index is 11.5. The number of carbonyl (C=O) groups is 1. The first-order chi connectivity index (χ1) is 6.15. The van der Waals surface area contributed by atoms with Crippen molar-refractivity contribution in [3.05, 3.63) is 0 Å². The van der Waals surface area contributed by atoms with Crippen LogP contribution in [0.5, 0.6) is 0 Å². The average Bonchev–Trinajstić information content (AvgIpc) is 2.36. The number of hydrogen-bond donors (Lipinski definition) is 0. The zero-order valence-electron chi connectivity index (χ0n) is 9.05. The van der Waals surface area contributed by atoms with Crippen molar-refractivity contribution >= 4 is 5.91 Å². The van der Waals surface area contributed by atoms with Gasteiger partial charge in [-0.25, -0.2) is 0 Å². The zero-order valence-corrected chi connectivity index (χ0v) is 9.05. The van der Waals surface area contributed by atoms with Crippen LogP contribution in [0.4, 0.5) is 0 Å². The third-order valence-electron chi connectivity index (χ3n) is 2.64. The van der Waals surface area contributed by atoms with Crippen LogP contribution in [0.1, 0.15) is 46.5 Å². The van der Waals surface area contributed by atoms with E-state index in [1.165, 1.54) is 12.8 Å². The summed E-state index contributed by atoms with van der Waals surface area (Å²) in [5.41, 5.74) is 0. The Balaban J connectivity index is 2.49. The summed E-state index contributed by atoms with van der Waals surface area (Å²) >= 11 is 0. The van der Waals surface area contributed by atoms with Gasteiger partial charge in [0.1, 0.15) is 0 Å². The molecule has 1 heterocycles. The second-order valence-electron chi connectivity index (χ2n) is 4.42. The molecule has 2 nitrogen and oxygen atoms in total. The summed E-state index contributed by atoms with van der Waals surface area (Å²) in [7, 11) is 0. The van der Waals surface area contributed by atoms with Gasteiger partial charge in [-0.3, -0.25) is 4.79 Å². The van der Waals surface area contributed by atoms with Crippen LogP contribution in [0.2, 0.25) is 0 Å². The van der Waals surface area contributed by atoms with Crippen molar-refractivity contribution in [2.24, 2.45) is 5.92 Å². The van der Waals surface area contributed by atoms with E-state index in [1.807, 2.05) is 0 Å². The Kier molecular flexibility index (Phi) is 3.76. The number of nitrogens with zero attached hydrogens (tertiary/aromatic N) is 1. The SMILES string of the molecule is CCCC1CCC(=O)N1CC(C)C. The highest BCUT2D eigenvalue weighted by Crippen LogP contribution is 2.23. The normalized spacial score (nSPS) is 23.2. The molecule has 0 aromatic carbocycles. The van der Waals surface area contributed by atoms with Crippen molar-refractivity contribution in [1.29, 1.82) is 0 Å². The van der Waals surface area contributed by atoms with E-state index in [4.69, 9.17) is 0 Å². The van der Waals surface area contributed by atoms with Gasteiger partial charge in [0.05, 0.1) is 0 Å². The van der Waals surface area contributed by atoms with Gasteiger partial charge in [-0.2, -0.15) is 0 Å². The fourth-order valence-corrected chi connectivity index (χ4v) is 2.07. The second kappa shape index (κ2) is 4.64. The monoisotopic (exact) mass is 183 g/mol. The van der Waals surface area contributed by atoms with Gasteiger partial charge in [0.2, 0.25) is 5.91 Å². The molecule has 0 radical (unpaired) electrons. The quantitative estimate of drug-likeness (QED) is 0.655. The Hall–Kier alpha value is -0.530. The van der Waals surface area contributed by atoms with Crippen molar-refractivity contribution in [3.8, 4) is 0 Å². The van der Waals surface area contributed by atoms with E-state index < -0.39 is 0 Å². The van der Waals surface area contributed by atoms with Crippen LogP contribution in [-0.4, -0.2) is 23.4 Å². The van der Waals surface area contributed by atoms with E-state index in [2.05, 4.69) is 25.7 Å². The van der Waals surface area contributed by atoms with E-state index in [0.29, 0.717) is 17.9 Å². The van der Waals surface area contributed by atoms with E-state index in [-0.39, 0.29) is 0 Å². The molecule has 1 aliphatic heterocycles. The fraction of sp³-hybridized carbons (Fsp3) is 0.909. The van der Waals surface area contributed by atoms with Crippen LogP contribution >= 0.6 is 0 Å². The number of rotatable bonds is 4. The Labute approximate surface area is 81.3 Å². The summed E-state index contributed by atoms with van der Waals surface area (Å²) < 4.78 is 0. The Morgan fingerprint density at radius 3 is 2.77 bits per heavy atom. The molecule has 76 valence electrons. The van der Waals surface area contributed by atoms with Crippen molar-refractivity contribution < 1.29 is 4.79 Å². The molecule has 0 aromatic rings. The minimum atomic E-state index is 0.368. The smallest absolute Gasteiger partial charge is 0.222 e. The molecule has 0 aromatic heterocycles. The first-order valence-corrected chi connectivity index (χ1v) is 5.44. The van der Waals surface area contributed by atoms with Gasteiger partial charge < -0.3 is 4.90 Å². The van der Waals surface area contributed by atoms with Crippen molar-refractivity contribution in [2.75, 3.05) is 6.54 Å². The van der Waals surface area contributed by atoms with Gasteiger partial charge in [0, 0.05) is 19.0 Å². The molecule has 0 bridgehead atoms. The predicted molar refractivity (Wildman–Crippen MR) is 54.5 cm³/mol. The summed E-state index contributed by atoms with van der Waals surface area (Å²) in [5, 5.41) is 0. The van der Waals surface area contributed by atoms with Crippen molar-refractivity contribution in [1.82, 2.24) is 4.90 Å². The minimum Gasteiger partial charge on any atom is -0.339 e. The molecule has 1 fully saturated rings. The highest BCUT2D eigenvalue weighted by Gasteiger charge is 2.29. The Morgan fingerprint density at radius 2 is 2.23 bits per heavy atom. The maximum atomic E-state index is 11.5. The van der Waals surface area contributed by atoms with E-state index in [1.54, 1.807) is 0 Å².